The van der Waals surface area contributed by atoms with Gasteiger partial charge in [0.05, 0.1) is 14.2 Å². The van der Waals surface area contributed by atoms with Crippen molar-refractivity contribution < 1.29 is 14.3 Å². The molecule has 1 aliphatic carbocycles. The number of aromatic nitrogens is 1. The number of methoxy groups -OCH3 is 2. The minimum atomic E-state index is -0.204. The summed E-state index contributed by atoms with van der Waals surface area (Å²) < 4.78 is 10.5. The molecule has 1 aromatic carbocycles. The van der Waals surface area contributed by atoms with Crippen LogP contribution >= 0.6 is 0 Å². The summed E-state index contributed by atoms with van der Waals surface area (Å²) in [6, 6.07) is 9.75. The van der Waals surface area contributed by atoms with Gasteiger partial charge in [0.1, 0.15) is 5.69 Å². The van der Waals surface area contributed by atoms with Crippen LogP contribution in [0.2, 0.25) is 0 Å². The summed E-state index contributed by atoms with van der Waals surface area (Å²) in [6.45, 7) is 0.390. The number of rotatable bonds is 7. The number of hydrogen-bond acceptors (Lipinski definition) is 5. The van der Waals surface area contributed by atoms with Crippen molar-refractivity contribution in [2.24, 2.45) is 0 Å². The van der Waals surface area contributed by atoms with Crippen LogP contribution in [0.1, 0.15) is 28.9 Å². The first-order valence-electron chi connectivity index (χ1n) is 7.91. The number of carbonyl (C=O) groups excluding carboxylic acids is 1. The molecule has 0 aliphatic heterocycles. The van der Waals surface area contributed by atoms with Crippen molar-refractivity contribution in [2.75, 3.05) is 19.5 Å². The third-order valence-corrected chi connectivity index (χ3v) is 3.84. The highest BCUT2D eigenvalue weighted by atomic mass is 16.5. The Labute approximate surface area is 141 Å². The van der Waals surface area contributed by atoms with E-state index in [0.29, 0.717) is 29.8 Å². The largest absolute Gasteiger partial charge is 0.493 e. The highest BCUT2D eigenvalue weighted by Gasteiger charge is 2.21. The van der Waals surface area contributed by atoms with Gasteiger partial charge in [0.2, 0.25) is 0 Å². The average molecular weight is 327 g/mol. The van der Waals surface area contributed by atoms with Crippen LogP contribution in [-0.4, -0.2) is 31.2 Å². The molecule has 0 spiro atoms. The Bertz CT molecular complexity index is 729. The third-order valence-electron chi connectivity index (χ3n) is 3.84. The first kappa shape index (κ1) is 16.1. The number of nitrogens with zero attached hydrogens (tertiary/aromatic N) is 1. The van der Waals surface area contributed by atoms with E-state index in [9.17, 15) is 4.79 Å². The fraction of sp³-hybridized carbons (Fsp3) is 0.333. The number of pyridine rings is 1. The van der Waals surface area contributed by atoms with Crippen molar-refractivity contribution in [3.63, 3.8) is 0 Å². The second kappa shape index (κ2) is 7.21. The molecule has 3 rings (SSSR count). The second-order valence-corrected chi connectivity index (χ2v) is 5.72. The lowest BCUT2D eigenvalue weighted by Crippen LogP contribution is -2.24. The van der Waals surface area contributed by atoms with Gasteiger partial charge in [-0.05, 0) is 42.7 Å². The van der Waals surface area contributed by atoms with E-state index in [2.05, 4.69) is 15.6 Å². The number of amides is 1. The lowest BCUT2D eigenvalue weighted by atomic mass is 10.2. The van der Waals surface area contributed by atoms with E-state index in [0.717, 1.165) is 11.3 Å². The van der Waals surface area contributed by atoms with E-state index in [4.69, 9.17) is 9.47 Å². The average Bonchev–Trinajstić information content (AvgIpc) is 3.43. The van der Waals surface area contributed by atoms with Gasteiger partial charge >= 0.3 is 0 Å². The van der Waals surface area contributed by atoms with Gasteiger partial charge < -0.3 is 20.1 Å². The summed E-state index contributed by atoms with van der Waals surface area (Å²) in [7, 11) is 3.18. The fourth-order valence-electron chi connectivity index (χ4n) is 2.37. The molecule has 1 heterocycles. The van der Waals surface area contributed by atoms with Crippen LogP contribution in [0.15, 0.2) is 36.5 Å². The summed E-state index contributed by atoms with van der Waals surface area (Å²) in [5, 5.41) is 6.24. The zero-order chi connectivity index (χ0) is 16.9. The van der Waals surface area contributed by atoms with Crippen molar-refractivity contribution in [1.29, 1.82) is 0 Å². The maximum absolute atomic E-state index is 12.3. The van der Waals surface area contributed by atoms with Gasteiger partial charge in [-0.1, -0.05) is 6.07 Å². The molecule has 0 unspecified atom stereocenters. The minimum absolute atomic E-state index is 0.204. The Hall–Kier alpha value is -2.76. The lowest BCUT2D eigenvalue weighted by Gasteiger charge is -2.11. The smallest absolute Gasteiger partial charge is 0.270 e. The number of benzene rings is 1. The molecule has 6 heteroatoms. The predicted octanol–water partition coefficient (Wildman–Crippen LogP) is 2.60. The maximum Gasteiger partial charge on any atom is 0.270 e. The molecule has 1 aliphatic rings. The van der Waals surface area contributed by atoms with E-state index in [-0.39, 0.29) is 5.91 Å². The van der Waals surface area contributed by atoms with E-state index in [1.165, 1.54) is 12.8 Å². The monoisotopic (exact) mass is 327 g/mol. The predicted molar refractivity (Wildman–Crippen MR) is 91.6 cm³/mol. The van der Waals surface area contributed by atoms with Crippen molar-refractivity contribution in [2.45, 2.75) is 25.4 Å². The summed E-state index contributed by atoms with van der Waals surface area (Å²) in [6.07, 6.45) is 4.02. The molecule has 1 aromatic heterocycles. The van der Waals surface area contributed by atoms with Gasteiger partial charge in [0, 0.05) is 24.5 Å². The molecule has 0 bridgehead atoms. The zero-order valence-corrected chi connectivity index (χ0v) is 13.8. The molecule has 0 atom stereocenters. The van der Waals surface area contributed by atoms with E-state index < -0.39 is 0 Å². The van der Waals surface area contributed by atoms with Crippen molar-refractivity contribution >= 4 is 11.6 Å². The van der Waals surface area contributed by atoms with Crippen molar-refractivity contribution in [3.8, 4) is 11.5 Å². The molecule has 1 amide bonds. The Morgan fingerprint density at radius 1 is 1.17 bits per heavy atom. The standard InChI is InChI=1S/C18H21N3O3/c1-23-16-6-3-12(9-17(16)24-2)11-20-18(22)15-10-14(7-8-19-15)21-13-4-5-13/h3,6-10,13H,4-5,11H2,1-2H3,(H,19,21)(H,20,22). The minimum Gasteiger partial charge on any atom is -0.493 e. The van der Waals surface area contributed by atoms with E-state index >= 15 is 0 Å². The topological polar surface area (TPSA) is 72.5 Å². The van der Waals surface area contributed by atoms with Gasteiger partial charge in [0.25, 0.3) is 5.91 Å². The number of nitrogens with one attached hydrogen (secondary N) is 2. The molecule has 126 valence electrons. The zero-order valence-electron chi connectivity index (χ0n) is 13.8. The Morgan fingerprint density at radius 2 is 1.96 bits per heavy atom. The van der Waals surface area contributed by atoms with E-state index in [1.807, 2.05) is 24.3 Å². The van der Waals surface area contributed by atoms with Crippen LogP contribution in [0, 0.1) is 0 Å². The quantitative estimate of drug-likeness (QED) is 0.818. The summed E-state index contributed by atoms with van der Waals surface area (Å²) in [4.78, 5) is 16.4. The summed E-state index contributed by atoms with van der Waals surface area (Å²) in [5.74, 6) is 1.09. The summed E-state index contributed by atoms with van der Waals surface area (Å²) in [5.41, 5.74) is 2.26. The molecular weight excluding hydrogens is 306 g/mol. The van der Waals surface area contributed by atoms with Crippen LogP contribution in [0.3, 0.4) is 0 Å². The van der Waals surface area contributed by atoms with Gasteiger partial charge in [-0.15, -0.1) is 0 Å². The Kier molecular flexibility index (Phi) is 4.84. The highest BCUT2D eigenvalue weighted by Crippen LogP contribution is 2.27. The van der Waals surface area contributed by atoms with Crippen LogP contribution in [-0.2, 0) is 6.54 Å². The van der Waals surface area contributed by atoms with Crippen molar-refractivity contribution in [1.82, 2.24) is 10.3 Å². The summed E-state index contributed by atoms with van der Waals surface area (Å²) >= 11 is 0. The second-order valence-electron chi connectivity index (χ2n) is 5.72. The molecule has 2 aromatic rings. The normalized spacial score (nSPS) is 13.2. The van der Waals surface area contributed by atoms with Gasteiger partial charge in [0.15, 0.2) is 11.5 Å². The number of anilines is 1. The van der Waals surface area contributed by atoms with Crippen LogP contribution < -0.4 is 20.1 Å². The fourth-order valence-corrected chi connectivity index (χ4v) is 2.37. The van der Waals surface area contributed by atoms with Crippen LogP contribution in [0.25, 0.3) is 0 Å². The number of ether oxygens (including phenoxy) is 2. The number of carbonyl (C=O) groups is 1. The maximum atomic E-state index is 12.3. The van der Waals surface area contributed by atoms with Crippen LogP contribution in [0.4, 0.5) is 5.69 Å². The number of hydrogen-bond donors (Lipinski definition) is 2. The SMILES string of the molecule is COc1ccc(CNC(=O)c2cc(NC3CC3)ccn2)cc1OC. The lowest BCUT2D eigenvalue weighted by molar-refractivity contribution is 0.0946. The molecule has 0 radical (unpaired) electrons. The molecule has 2 N–H and O–H groups in total. The van der Waals surface area contributed by atoms with Crippen molar-refractivity contribution in [3.05, 3.63) is 47.8 Å². The van der Waals surface area contributed by atoms with Gasteiger partial charge in [-0.2, -0.15) is 0 Å². The first-order chi connectivity index (χ1) is 11.7. The Balaban J connectivity index is 1.62. The molecular formula is C18H21N3O3. The van der Waals surface area contributed by atoms with Gasteiger partial charge in [-0.25, -0.2) is 0 Å². The third kappa shape index (κ3) is 3.95. The van der Waals surface area contributed by atoms with Crippen LogP contribution in [0.5, 0.6) is 11.5 Å². The highest BCUT2D eigenvalue weighted by molar-refractivity contribution is 5.93. The Morgan fingerprint density at radius 3 is 2.67 bits per heavy atom. The van der Waals surface area contributed by atoms with E-state index in [1.54, 1.807) is 26.5 Å². The molecule has 1 fully saturated rings. The molecule has 0 saturated heterocycles. The first-order valence-corrected chi connectivity index (χ1v) is 7.91. The molecule has 6 nitrogen and oxygen atoms in total. The van der Waals surface area contributed by atoms with Gasteiger partial charge in [-0.3, -0.25) is 9.78 Å². The molecule has 1 saturated carbocycles. The molecule has 24 heavy (non-hydrogen) atoms.